The Hall–Kier alpha value is -2.58. The van der Waals surface area contributed by atoms with E-state index in [0.29, 0.717) is 47.8 Å². The number of hydrogen-bond acceptors (Lipinski definition) is 5. The fourth-order valence-electron chi connectivity index (χ4n) is 4.58. The highest BCUT2D eigenvalue weighted by Crippen LogP contribution is 2.42. The molecular formula is C24H31NO6S. The number of carbonyl (C=O) groups is 1. The van der Waals surface area contributed by atoms with Crippen molar-refractivity contribution in [3.05, 3.63) is 52.1 Å². The van der Waals surface area contributed by atoms with Crippen molar-refractivity contribution in [3.63, 3.8) is 0 Å². The van der Waals surface area contributed by atoms with Gasteiger partial charge in [0, 0.05) is 6.54 Å². The Morgan fingerprint density at radius 2 is 1.59 bits per heavy atom. The summed E-state index contributed by atoms with van der Waals surface area (Å²) in [5, 5.41) is 9.63. The third-order valence-corrected chi connectivity index (χ3v) is 7.87. The summed E-state index contributed by atoms with van der Waals surface area (Å²) in [4.78, 5) is 12.0. The molecule has 0 saturated carbocycles. The maximum absolute atomic E-state index is 13.8. The second-order valence-corrected chi connectivity index (χ2v) is 9.90. The van der Waals surface area contributed by atoms with E-state index >= 15 is 0 Å². The molecule has 1 N–H and O–H groups in total. The van der Waals surface area contributed by atoms with E-state index < -0.39 is 22.0 Å². The fraction of sp³-hybridized carbons (Fsp3) is 0.458. The van der Waals surface area contributed by atoms with Crippen LogP contribution in [0.5, 0.6) is 11.5 Å². The lowest BCUT2D eigenvalue weighted by Gasteiger charge is -2.36. The SMILES string of the molecule is CCOc1cc2c(cc1OCC)[C@H](CC(=O)O)N(S(=O)(=O)c1c(C)cc(C)cc1C)CC2. The summed E-state index contributed by atoms with van der Waals surface area (Å²) in [5.74, 6) is 0.0152. The van der Waals surface area contributed by atoms with E-state index in [9.17, 15) is 18.3 Å². The summed E-state index contributed by atoms with van der Waals surface area (Å²) in [7, 11) is -3.93. The molecule has 1 aliphatic heterocycles. The maximum Gasteiger partial charge on any atom is 0.305 e. The zero-order valence-corrected chi connectivity index (χ0v) is 20.1. The van der Waals surface area contributed by atoms with Crippen molar-refractivity contribution in [2.24, 2.45) is 0 Å². The Morgan fingerprint density at radius 3 is 2.12 bits per heavy atom. The number of carboxylic acid groups (broad SMARTS) is 1. The largest absolute Gasteiger partial charge is 0.490 e. The van der Waals surface area contributed by atoms with Crippen molar-refractivity contribution < 1.29 is 27.8 Å². The van der Waals surface area contributed by atoms with Gasteiger partial charge in [-0.25, -0.2) is 8.42 Å². The standard InChI is InChI=1S/C24H31NO6S/c1-6-30-21-12-18-8-9-25(20(14-23(26)27)19(18)13-22(21)31-7-2)32(28,29)24-16(4)10-15(3)11-17(24)5/h10-13,20H,6-9,14H2,1-5H3,(H,26,27)/t20-/m0/s1. The van der Waals surface area contributed by atoms with E-state index in [2.05, 4.69) is 0 Å². The van der Waals surface area contributed by atoms with Crippen molar-refractivity contribution >= 4 is 16.0 Å². The quantitative estimate of drug-likeness (QED) is 0.634. The molecule has 8 heteroatoms. The second-order valence-electron chi connectivity index (χ2n) is 8.07. The first-order valence-corrected chi connectivity index (χ1v) is 12.3. The number of rotatable bonds is 8. The van der Waals surface area contributed by atoms with Crippen LogP contribution in [0, 0.1) is 20.8 Å². The van der Waals surface area contributed by atoms with E-state index in [1.165, 1.54) is 4.31 Å². The molecule has 32 heavy (non-hydrogen) atoms. The molecule has 0 saturated heterocycles. The van der Waals surface area contributed by atoms with Gasteiger partial charge >= 0.3 is 5.97 Å². The summed E-state index contributed by atoms with van der Waals surface area (Å²) < 4.78 is 40.4. The normalized spacial score (nSPS) is 16.5. The maximum atomic E-state index is 13.8. The smallest absolute Gasteiger partial charge is 0.305 e. The van der Waals surface area contributed by atoms with Crippen molar-refractivity contribution in [2.45, 2.75) is 58.4 Å². The molecule has 0 fully saturated rings. The van der Waals surface area contributed by atoms with Crippen LogP contribution in [0.2, 0.25) is 0 Å². The molecule has 0 aromatic heterocycles. The number of benzene rings is 2. The van der Waals surface area contributed by atoms with E-state index in [0.717, 1.165) is 11.1 Å². The minimum absolute atomic E-state index is 0.194. The van der Waals surface area contributed by atoms with Gasteiger partial charge in [0.05, 0.1) is 30.6 Å². The van der Waals surface area contributed by atoms with Gasteiger partial charge in [-0.2, -0.15) is 4.31 Å². The van der Waals surface area contributed by atoms with Gasteiger partial charge in [0.2, 0.25) is 10.0 Å². The van der Waals surface area contributed by atoms with Gasteiger partial charge in [0.25, 0.3) is 0 Å². The zero-order valence-electron chi connectivity index (χ0n) is 19.3. The molecule has 0 bridgehead atoms. The van der Waals surface area contributed by atoms with Crippen LogP contribution >= 0.6 is 0 Å². The highest BCUT2D eigenvalue weighted by atomic mass is 32.2. The van der Waals surface area contributed by atoms with E-state index in [1.807, 2.05) is 39.0 Å². The Kier molecular flexibility index (Phi) is 7.15. The number of ether oxygens (including phenoxy) is 2. The highest BCUT2D eigenvalue weighted by Gasteiger charge is 2.39. The highest BCUT2D eigenvalue weighted by molar-refractivity contribution is 7.89. The van der Waals surface area contributed by atoms with E-state index in [4.69, 9.17) is 9.47 Å². The lowest BCUT2D eigenvalue weighted by atomic mass is 9.91. The molecule has 1 heterocycles. The average Bonchev–Trinajstić information content (AvgIpc) is 2.67. The van der Waals surface area contributed by atoms with Crippen LogP contribution in [-0.4, -0.2) is 43.6 Å². The van der Waals surface area contributed by atoms with E-state index in [-0.39, 0.29) is 17.9 Å². The van der Waals surface area contributed by atoms with Crippen LogP contribution in [0.15, 0.2) is 29.2 Å². The minimum Gasteiger partial charge on any atom is -0.490 e. The van der Waals surface area contributed by atoms with Crippen molar-refractivity contribution in [1.82, 2.24) is 4.31 Å². The topological polar surface area (TPSA) is 93.1 Å². The number of aryl methyl sites for hydroxylation is 3. The zero-order chi connectivity index (χ0) is 23.6. The monoisotopic (exact) mass is 461 g/mol. The number of fused-ring (bicyclic) bond motifs is 1. The van der Waals surface area contributed by atoms with E-state index in [1.54, 1.807) is 19.9 Å². The molecule has 2 aromatic carbocycles. The summed E-state index contributed by atoms with van der Waals surface area (Å²) >= 11 is 0. The number of carboxylic acids is 1. The van der Waals surface area contributed by atoms with Gasteiger partial charge in [0.1, 0.15) is 0 Å². The molecular weight excluding hydrogens is 430 g/mol. The second kappa shape index (κ2) is 9.50. The van der Waals surface area contributed by atoms with Crippen LogP contribution in [0.3, 0.4) is 0 Å². The third-order valence-electron chi connectivity index (χ3n) is 5.65. The summed E-state index contributed by atoms with van der Waals surface area (Å²) in [6.45, 7) is 10.3. The lowest BCUT2D eigenvalue weighted by molar-refractivity contribution is -0.138. The van der Waals surface area contributed by atoms with Gasteiger partial charge in [-0.1, -0.05) is 17.7 Å². The van der Waals surface area contributed by atoms with Crippen LogP contribution in [-0.2, 0) is 21.2 Å². The van der Waals surface area contributed by atoms with Crippen molar-refractivity contribution in [1.29, 1.82) is 0 Å². The lowest BCUT2D eigenvalue weighted by Crippen LogP contribution is -2.41. The Bertz CT molecular complexity index is 1100. The first-order chi connectivity index (χ1) is 15.1. The van der Waals surface area contributed by atoms with Gasteiger partial charge in [-0.3, -0.25) is 4.79 Å². The van der Waals surface area contributed by atoms with Crippen molar-refractivity contribution in [3.8, 4) is 11.5 Å². The van der Waals surface area contributed by atoms with Crippen LogP contribution in [0.4, 0.5) is 0 Å². The average molecular weight is 462 g/mol. The van der Waals surface area contributed by atoms with Crippen LogP contribution in [0.1, 0.15) is 54.1 Å². The molecule has 7 nitrogen and oxygen atoms in total. The number of hydrogen-bond donors (Lipinski definition) is 1. The third kappa shape index (κ3) is 4.61. The fourth-order valence-corrected chi connectivity index (χ4v) is 6.60. The molecule has 0 aliphatic carbocycles. The first kappa shape index (κ1) is 24.1. The summed E-state index contributed by atoms with van der Waals surface area (Å²) in [5.41, 5.74) is 3.83. The van der Waals surface area contributed by atoms with Gasteiger partial charge in [-0.15, -0.1) is 0 Å². The summed E-state index contributed by atoms with van der Waals surface area (Å²) in [6.07, 6.45) is 0.122. The van der Waals surface area contributed by atoms with Gasteiger partial charge in [-0.05, 0) is 75.4 Å². The molecule has 1 atom stereocenters. The molecule has 3 rings (SSSR count). The molecule has 1 aliphatic rings. The summed E-state index contributed by atoms with van der Waals surface area (Å²) in [6, 6.07) is 6.44. The molecule has 0 unspecified atom stereocenters. The van der Waals surface area contributed by atoms with Crippen LogP contribution in [0.25, 0.3) is 0 Å². The number of aliphatic carboxylic acids is 1. The minimum atomic E-state index is -3.93. The van der Waals surface area contributed by atoms with Gasteiger partial charge in [0.15, 0.2) is 11.5 Å². The van der Waals surface area contributed by atoms with Crippen LogP contribution < -0.4 is 9.47 Å². The molecule has 0 amide bonds. The number of nitrogens with zero attached hydrogens (tertiary/aromatic N) is 1. The Labute approximate surface area is 190 Å². The van der Waals surface area contributed by atoms with Crippen molar-refractivity contribution in [2.75, 3.05) is 19.8 Å². The molecule has 0 spiro atoms. The molecule has 2 aromatic rings. The molecule has 174 valence electrons. The predicted molar refractivity (Wildman–Crippen MR) is 122 cm³/mol. The first-order valence-electron chi connectivity index (χ1n) is 10.8. The molecule has 0 radical (unpaired) electrons. The predicted octanol–water partition coefficient (Wildman–Crippen LogP) is 4.17. The Balaban J connectivity index is 2.16. The number of sulfonamides is 1. The van der Waals surface area contributed by atoms with Gasteiger partial charge < -0.3 is 14.6 Å². The Morgan fingerprint density at radius 1 is 1.03 bits per heavy atom.